The summed E-state index contributed by atoms with van der Waals surface area (Å²) in [6.07, 6.45) is 16.2. The summed E-state index contributed by atoms with van der Waals surface area (Å²) >= 11 is 0. The van der Waals surface area contributed by atoms with Crippen LogP contribution in [0, 0.1) is 46.3 Å². The lowest BCUT2D eigenvalue weighted by Gasteiger charge is -2.59. The Bertz CT molecular complexity index is 645. The van der Waals surface area contributed by atoms with Crippen molar-refractivity contribution in [3.63, 3.8) is 0 Å². The fourth-order valence-corrected chi connectivity index (χ4v) is 9.87. The number of ether oxygens (including phenoxy) is 2. The van der Waals surface area contributed by atoms with Crippen LogP contribution >= 0.6 is 0 Å². The summed E-state index contributed by atoms with van der Waals surface area (Å²) in [7, 11) is 1.90. The van der Waals surface area contributed by atoms with E-state index < -0.39 is 0 Å². The molecule has 0 bridgehead atoms. The van der Waals surface area contributed by atoms with E-state index in [2.05, 4.69) is 34.6 Å². The molecule has 1 spiro atoms. The van der Waals surface area contributed by atoms with Crippen LogP contribution in [0.25, 0.3) is 0 Å². The molecule has 0 amide bonds. The van der Waals surface area contributed by atoms with Crippen LogP contribution in [0.1, 0.15) is 105 Å². The molecular formula is C28H48O2. The quantitative estimate of drug-likeness (QED) is 0.425. The Kier molecular flexibility index (Phi) is 5.42. The third-order valence-electron chi connectivity index (χ3n) is 11.6. The Hall–Kier alpha value is -0.0800. The molecule has 0 aromatic carbocycles. The maximum absolute atomic E-state index is 6.65. The van der Waals surface area contributed by atoms with Crippen molar-refractivity contribution in [2.45, 2.75) is 123 Å². The lowest BCUT2D eigenvalue weighted by Crippen LogP contribution is -2.58. The largest absolute Gasteiger partial charge is 0.381 e. The van der Waals surface area contributed by atoms with E-state index in [-0.39, 0.29) is 5.60 Å². The number of hydrogen-bond donors (Lipinski definition) is 0. The fourth-order valence-electron chi connectivity index (χ4n) is 9.87. The lowest BCUT2D eigenvalue weighted by atomic mass is 9.44. The number of fused-ring (bicyclic) bond motifs is 4. The van der Waals surface area contributed by atoms with Crippen molar-refractivity contribution in [3.05, 3.63) is 0 Å². The third kappa shape index (κ3) is 3.01. The van der Waals surface area contributed by atoms with Gasteiger partial charge in [0.15, 0.2) is 0 Å². The van der Waals surface area contributed by atoms with E-state index >= 15 is 0 Å². The minimum absolute atomic E-state index is 0.170. The Morgan fingerprint density at radius 1 is 0.967 bits per heavy atom. The van der Waals surface area contributed by atoms with Gasteiger partial charge < -0.3 is 9.47 Å². The molecule has 0 aromatic rings. The van der Waals surface area contributed by atoms with E-state index in [0.29, 0.717) is 23.0 Å². The van der Waals surface area contributed by atoms with Crippen molar-refractivity contribution in [3.8, 4) is 0 Å². The first kappa shape index (κ1) is 21.7. The first-order chi connectivity index (χ1) is 14.2. The summed E-state index contributed by atoms with van der Waals surface area (Å²) < 4.78 is 12.5. The Balaban J connectivity index is 1.32. The van der Waals surface area contributed by atoms with Gasteiger partial charge in [-0.05, 0) is 85.9 Å². The molecule has 2 nitrogen and oxygen atoms in total. The van der Waals surface area contributed by atoms with Gasteiger partial charge in [0, 0.05) is 18.9 Å². The van der Waals surface area contributed by atoms with Crippen molar-refractivity contribution in [2.24, 2.45) is 46.3 Å². The summed E-state index contributed by atoms with van der Waals surface area (Å²) in [5.74, 6) is 5.48. The predicted octanol–water partition coefficient (Wildman–Crippen LogP) is 7.25. The van der Waals surface area contributed by atoms with E-state index in [1.54, 1.807) is 0 Å². The summed E-state index contributed by atoms with van der Waals surface area (Å²) in [6, 6.07) is 0. The zero-order chi connectivity index (χ0) is 21.3. The number of hydrogen-bond acceptors (Lipinski definition) is 2. The van der Waals surface area contributed by atoms with Crippen LogP contribution in [0.5, 0.6) is 0 Å². The molecule has 0 aromatic heterocycles. The predicted molar refractivity (Wildman–Crippen MR) is 123 cm³/mol. The molecule has 2 heteroatoms. The maximum Gasteiger partial charge on any atom is 0.103 e. The maximum atomic E-state index is 6.65. The van der Waals surface area contributed by atoms with Crippen LogP contribution in [-0.4, -0.2) is 24.9 Å². The SMILES string of the molecule is CO[C@H]1CC[C@]2(C)[C@H]3CC[C@]4(C)[C@@H]([C@@H](C)CCCC(C)C)CC[C@H]4[C@@H]3C[C@@H]3O[C@@]32C1. The molecule has 5 rings (SSSR count). The van der Waals surface area contributed by atoms with Gasteiger partial charge in [-0.2, -0.15) is 0 Å². The van der Waals surface area contributed by atoms with Crippen LogP contribution in [0.4, 0.5) is 0 Å². The van der Waals surface area contributed by atoms with Gasteiger partial charge in [-0.15, -0.1) is 0 Å². The topological polar surface area (TPSA) is 21.8 Å². The highest BCUT2D eigenvalue weighted by atomic mass is 16.6. The second-order valence-electron chi connectivity index (χ2n) is 13.2. The zero-order valence-electron chi connectivity index (χ0n) is 20.7. The van der Waals surface area contributed by atoms with Crippen LogP contribution < -0.4 is 0 Å². The second-order valence-corrected chi connectivity index (χ2v) is 13.2. The molecule has 4 saturated carbocycles. The van der Waals surface area contributed by atoms with Crippen molar-refractivity contribution in [1.29, 1.82) is 0 Å². The summed E-state index contributed by atoms with van der Waals surface area (Å²) in [4.78, 5) is 0. The van der Waals surface area contributed by atoms with Crippen LogP contribution in [-0.2, 0) is 9.47 Å². The minimum Gasteiger partial charge on any atom is -0.381 e. The van der Waals surface area contributed by atoms with E-state index in [1.807, 2.05) is 7.11 Å². The first-order valence-electron chi connectivity index (χ1n) is 13.5. The average Bonchev–Trinajstić information content (AvgIpc) is 3.28. The molecule has 1 aliphatic heterocycles. The molecule has 4 aliphatic carbocycles. The molecule has 0 unspecified atom stereocenters. The third-order valence-corrected chi connectivity index (χ3v) is 11.6. The molecule has 172 valence electrons. The van der Waals surface area contributed by atoms with E-state index in [1.165, 1.54) is 64.2 Å². The molecule has 0 radical (unpaired) electrons. The number of epoxide rings is 1. The lowest BCUT2D eigenvalue weighted by molar-refractivity contribution is -0.121. The molecule has 0 N–H and O–H groups in total. The van der Waals surface area contributed by atoms with E-state index in [4.69, 9.17) is 9.47 Å². The molecule has 1 saturated heterocycles. The summed E-state index contributed by atoms with van der Waals surface area (Å²) in [6.45, 7) is 12.7. The van der Waals surface area contributed by atoms with Gasteiger partial charge in [-0.1, -0.05) is 53.9 Å². The van der Waals surface area contributed by atoms with Crippen molar-refractivity contribution >= 4 is 0 Å². The fraction of sp³-hybridized carbons (Fsp3) is 1.00. The average molecular weight is 417 g/mol. The normalized spacial score (nSPS) is 52.9. The van der Waals surface area contributed by atoms with Crippen molar-refractivity contribution < 1.29 is 9.47 Å². The standard InChI is InChI=1S/C28H48O2/c1-18(2)8-7-9-19(3)22-10-11-23-21-16-25-28(30-25)17-20(29-6)12-15-27(28,5)24(21)13-14-26(22,23)4/h18-25H,7-17H2,1-6H3/t19-,20-,21-,22+,23-,24-,25-,26+,27+,28-/m0/s1. The van der Waals surface area contributed by atoms with Crippen LogP contribution in [0.15, 0.2) is 0 Å². The van der Waals surface area contributed by atoms with E-state index in [9.17, 15) is 0 Å². The highest BCUT2D eigenvalue weighted by Crippen LogP contribution is 2.74. The van der Waals surface area contributed by atoms with Crippen molar-refractivity contribution in [2.75, 3.05) is 7.11 Å². The van der Waals surface area contributed by atoms with Gasteiger partial charge in [-0.25, -0.2) is 0 Å². The van der Waals surface area contributed by atoms with E-state index in [0.717, 1.165) is 41.9 Å². The number of methoxy groups -OCH3 is 1. The first-order valence-corrected chi connectivity index (χ1v) is 13.5. The number of rotatable bonds is 6. The molecule has 5 fully saturated rings. The second kappa shape index (κ2) is 7.47. The minimum atomic E-state index is 0.170. The molecule has 5 aliphatic rings. The molecule has 30 heavy (non-hydrogen) atoms. The Morgan fingerprint density at radius 2 is 1.77 bits per heavy atom. The van der Waals surface area contributed by atoms with Gasteiger partial charge in [0.2, 0.25) is 0 Å². The Labute approximate surface area is 186 Å². The molecule has 10 atom stereocenters. The highest BCUT2D eigenvalue weighted by molar-refractivity contribution is 5.24. The zero-order valence-corrected chi connectivity index (χ0v) is 20.7. The van der Waals surface area contributed by atoms with Crippen LogP contribution in [0.2, 0.25) is 0 Å². The van der Waals surface area contributed by atoms with Gasteiger partial charge >= 0.3 is 0 Å². The smallest absolute Gasteiger partial charge is 0.103 e. The van der Waals surface area contributed by atoms with Gasteiger partial charge in [-0.3, -0.25) is 0 Å². The highest BCUT2D eigenvalue weighted by Gasteiger charge is 2.76. The monoisotopic (exact) mass is 416 g/mol. The molecule has 1 heterocycles. The Morgan fingerprint density at radius 3 is 2.50 bits per heavy atom. The van der Waals surface area contributed by atoms with Gasteiger partial charge in [0.25, 0.3) is 0 Å². The van der Waals surface area contributed by atoms with Crippen LogP contribution in [0.3, 0.4) is 0 Å². The molecular weight excluding hydrogens is 368 g/mol. The van der Waals surface area contributed by atoms with Crippen molar-refractivity contribution in [1.82, 2.24) is 0 Å². The van der Waals surface area contributed by atoms with Gasteiger partial charge in [0.1, 0.15) is 5.60 Å². The van der Waals surface area contributed by atoms with Gasteiger partial charge in [0.05, 0.1) is 12.2 Å². The summed E-state index contributed by atoms with van der Waals surface area (Å²) in [5.41, 5.74) is 1.16. The summed E-state index contributed by atoms with van der Waals surface area (Å²) in [5, 5.41) is 0.